The summed E-state index contributed by atoms with van der Waals surface area (Å²) in [4.78, 5) is 22.7. The summed E-state index contributed by atoms with van der Waals surface area (Å²) < 4.78 is 13.0. The van der Waals surface area contributed by atoms with Gasteiger partial charge in [-0.3, -0.25) is 4.79 Å². The van der Waals surface area contributed by atoms with E-state index in [4.69, 9.17) is 0 Å². The van der Waals surface area contributed by atoms with Crippen LogP contribution in [0.4, 0.5) is 10.1 Å². The fraction of sp³-hybridized carbons (Fsp3) is 0.300. The number of likely N-dealkylation sites (tertiary alicyclic amines) is 1. The number of pyridine rings is 1. The normalized spacial score (nSPS) is 16.1. The monoisotopic (exact) mass is 352 g/mol. The van der Waals surface area contributed by atoms with Crippen molar-refractivity contribution in [3.63, 3.8) is 0 Å². The second-order valence-corrected chi connectivity index (χ2v) is 6.88. The molecule has 3 aromatic rings. The van der Waals surface area contributed by atoms with Crippen molar-refractivity contribution >= 4 is 22.6 Å². The minimum absolute atomic E-state index is 0.297. The van der Waals surface area contributed by atoms with Gasteiger partial charge >= 0.3 is 0 Å². The maximum atomic E-state index is 13.0. The number of hydrogen-bond donors (Lipinski definition) is 2. The first-order valence-corrected chi connectivity index (χ1v) is 8.83. The standard InChI is InChI=1S/C20H21FN4O/c1-25-10-8-13(9-11-25)16-12-22-17-6-7-18(24-19(16)17)20(26)23-15-4-2-14(21)3-5-15/h2-7,12-13,22H,8-11H2,1H3,(H,23,26). The highest BCUT2D eigenvalue weighted by atomic mass is 19.1. The van der Waals surface area contributed by atoms with Crippen molar-refractivity contribution in [1.82, 2.24) is 14.9 Å². The molecule has 0 radical (unpaired) electrons. The van der Waals surface area contributed by atoms with Gasteiger partial charge in [0.15, 0.2) is 0 Å². The van der Waals surface area contributed by atoms with Gasteiger partial charge in [-0.15, -0.1) is 0 Å². The average molecular weight is 352 g/mol. The summed E-state index contributed by atoms with van der Waals surface area (Å²) in [6.45, 7) is 2.14. The number of carbonyl (C=O) groups is 1. The third kappa shape index (κ3) is 3.32. The molecule has 2 N–H and O–H groups in total. The molecule has 0 bridgehead atoms. The number of fused-ring (bicyclic) bond motifs is 1. The SMILES string of the molecule is CN1CCC(c2c[nH]c3ccc(C(=O)Nc4ccc(F)cc4)nc23)CC1. The lowest BCUT2D eigenvalue weighted by atomic mass is 9.90. The van der Waals surface area contributed by atoms with E-state index in [1.807, 2.05) is 12.3 Å². The predicted octanol–water partition coefficient (Wildman–Crippen LogP) is 3.76. The van der Waals surface area contributed by atoms with Gasteiger partial charge in [0.25, 0.3) is 5.91 Å². The minimum Gasteiger partial charge on any atom is -0.360 e. The summed E-state index contributed by atoms with van der Waals surface area (Å²) in [6, 6.07) is 9.29. The minimum atomic E-state index is -0.336. The zero-order valence-electron chi connectivity index (χ0n) is 14.6. The van der Waals surface area contributed by atoms with E-state index in [9.17, 15) is 9.18 Å². The van der Waals surface area contributed by atoms with E-state index in [-0.39, 0.29) is 11.7 Å². The largest absolute Gasteiger partial charge is 0.360 e. The third-order valence-electron chi connectivity index (χ3n) is 5.04. The quantitative estimate of drug-likeness (QED) is 0.754. The van der Waals surface area contributed by atoms with E-state index < -0.39 is 0 Å². The Kier molecular flexibility index (Phi) is 4.42. The number of H-pyrrole nitrogens is 1. The molecule has 0 aliphatic carbocycles. The molecule has 0 spiro atoms. The van der Waals surface area contributed by atoms with Crippen LogP contribution in [0.15, 0.2) is 42.6 Å². The third-order valence-corrected chi connectivity index (χ3v) is 5.04. The van der Waals surface area contributed by atoms with Crippen LogP contribution in [-0.2, 0) is 0 Å². The highest BCUT2D eigenvalue weighted by molar-refractivity contribution is 6.04. The summed E-state index contributed by atoms with van der Waals surface area (Å²) in [5, 5.41) is 2.76. The van der Waals surface area contributed by atoms with E-state index in [1.165, 1.54) is 29.8 Å². The molecule has 6 heteroatoms. The zero-order valence-corrected chi connectivity index (χ0v) is 14.6. The number of aromatic amines is 1. The van der Waals surface area contributed by atoms with Crippen LogP contribution in [-0.4, -0.2) is 40.9 Å². The molecule has 1 aliphatic heterocycles. The number of carbonyl (C=O) groups excluding carboxylic acids is 1. The first-order valence-electron chi connectivity index (χ1n) is 8.83. The molecule has 1 amide bonds. The Balaban J connectivity index is 1.59. The molecule has 2 aromatic heterocycles. The van der Waals surface area contributed by atoms with Crippen molar-refractivity contribution in [2.45, 2.75) is 18.8 Å². The summed E-state index contributed by atoms with van der Waals surface area (Å²) in [7, 11) is 2.14. The van der Waals surface area contributed by atoms with Gasteiger partial charge in [-0.05, 0) is 80.9 Å². The molecule has 5 nitrogen and oxygen atoms in total. The fourth-order valence-electron chi connectivity index (χ4n) is 3.51. The number of piperidine rings is 1. The van der Waals surface area contributed by atoms with Crippen molar-refractivity contribution < 1.29 is 9.18 Å². The summed E-state index contributed by atoms with van der Waals surface area (Å²) in [6.07, 6.45) is 4.21. The highest BCUT2D eigenvalue weighted by Gasteiger charge is 2.22. The molecule has 1 aliphatic rings. The van der Waals surface area contributed by atoms with Gasteiger partial charge in [0.05, 0.1) is 11.0 Å². The van der Waals surface area contributed by atoms with E-state index in [1.54, 1.807) is 6.07 Å². The van der Waals surface area contributed by atoms with Crippen LogP contribution in [0.1, 0.15) is 34.8 Å². The molecule has 0 unspecified atom stereocenters. The van der Waals surface area contributed by atoms with Crippen LogP contribution in [0.3, 0.4) is 0 Å². The number of nitrogens with zero attached hydrogens (tertiary/aromatic N) is 2. The Morgan fingerprint density at radius 2 is 1.92 bits per heavy atom. The highest BCUT2D eigenvalue weighted by Crippen LogP contribution is 2.32. The van der Waals surface area contributed by atoms with E-state index in [0.29, 0.717) is 17.3 Å². The van der Waals surface area contributed by atoms with Gasteiger partial charge in [-0.2, -0.15) is 0 Å². The Hall–Kier alpha value is -2.73. The molecule has 1 fully saturated rings. The van der Waals surface area contributed by atoms with Crippen molar-refractivity contribution in [2.24, 2.45) is 0 Å². The van der Waals surface area contributed by atoms with Gasteiger partial charge in [0.1, 0.15) is 11.5 Å². The molecule has 26 heavy (non-hydrogen) atoms. The van der Waals surface area contributed by atoms with Gasteiger partial charge < -0.3 is 15.2 Å². The maximum Gasteiger partial charge on any atom is 0.274 e. The number of rotatable bonds is 3. The van der Waals surface area contributed by atoms with Gasteiger partial charge in [0, 0.05) is 11.9 Å². The first kappa shape index (κ1) is 16.7. The number of hydrogen-bond acceptors (Lipinski definition) is 3. The number of aromatic nitrogens is 2. The second-order valence-electron chi connectivity index (χ2n) is 6.88. The van der Waals surface area contributed by atoms with Crippen LogP contribution in [0.5, 0.6) is 0 Å². The molecular weight excluding hydrogens is 331 g/mol. The first-order chi connectivity index (χ1) is 12.6. The van der Waals surface area contributed by atoms with Crippen LogP contribution < -0.4 is 5.32 Å². The van der Waals surface area contributed by atoms with Gasteiger partial charge in [0.2, 0.25) is 0 Å². The van der Waals surface area contributed by atoms with E-state index in [0.717, 1.165) is 37.0 Å². The Labute approximate surface area is 151 Å². The second kappa shape index (κ2) is 6.88. The van der Waals surface area contributed by atoms with E-state index in [2.05, 4.69) is 27.2 Å². The van der Waals surface area contributed by atoms with Gasteiger partial charge in [-0.1, -0.05) is 0 Å². The fourth-order valence-corrected chi connectivity index (χ4v) is 3.51. The molecule has 0 saturated carbocycles. The Morgan fingerprint density at radius 3 is 2.65 bits per heavy atom. The van der Waals surface area contributed by atoms with Gasteiger partial charge in [-0.25, -0.2) is 9.37 Å². The van der Waals surface area contributed by atoms with E-state index >= 15 is 0 Å². The molecule has 1 saturated heterocycles. The molecule has 3 heterocycles. The van der Waals surface area contributed by atoms with Crippen LogP contribution >= 0.6 is 0 Å². The lowest BCUT2D eigenvalue weighted by Crippen LogP contribution is -2.29. The van der Waals surface area contributed by atoms with Crippen molar-refractivity contribution in [1.29, 1.82) is 0 Å². The topological polar surface area (TPSA) is 61.0 Å². The summed E-state index contributed by atoms with van der Waals surface area (Å²) in [5.74, 6) is -0.172. The zero-order chi connectivity index (χ0) is 18.1. The predicted molar refractivity (Wildman–Crippen MR) is 99.9 cm³/mol. The Bertz CT molecular complexity index is 927. The lowest BCUT2D eigenvalue weighted by molar-refractivity contribution is 0.102. The number of benzene rings is 1. The van der Waals surface area contributed by atoms with Crippen molar-refractivity contribution in [3.05, 3.63) is 59.7 Å². The Morgan fingerprint density at radius 1 is 1.19 bits per heavy atom. The summed E-state index contributed by atoms with van der Waals surface area (Å²) >= 11 is 0. The average Bonchev–Trinajstić information content (AvgIpc) is 3.07. The van der Waals surface area contributed by atoms with Crippen LogP contribution in [0.25, 0.3) is 11.0 Å². The molecule has 1 aromatic carbocycles. The summed E-state index contributed by atoms with van der Waals surface area (Å²) in [5.41, 5.74) is 3.90. The number of halogens is 1. The van der Waals surface area contributed by atoms with Crippen molar-refractivity contribution in [2.75, 3.05) is 25.5 Å². The smallest absolute Gasteiger partial charge is 0.274 e. The van der Waals surface area contributed by atoms with Crippen LogP contribution in [0, 0.1) is 5.82 Å². The maximum absolute atomic E-state index is 13.0. The lowest BCUT2D eigenvalue weighted by Gasteiger charge is -2.28. The number of nitrogens with one attached hydrogen (secondary N) is 2. The number of amides is 1. The molecule has 4 rings (SSSR count). The molecule has 134 valence electrons. The number of anilines is 1. The van der Waals surface area contributed by atoms with Crippen molar-refractivity contribution in [3.8, 4) is 0 Å². The molecular formula is C20H21FN4O. The van der Waals surface area contributed by atoms with Crippen LogP contribution in [0.2, 0.25) is 0 Å². The molecule has 0 atom stereocenters.